The lowest BCUT2D eigenvalue weighted by molar-refractivity contribution is -0.141. The van der Waals surface area contributed by atoms with Gasteiger partial charge in [0, 0.05) is 33.2 Å². The number of nitrogens with one attached hydrogen (secondary N) is 3. The first-order valence-corrected chi connectivity index (χ1v) is 21.8. The summed E-state index contributed by atoms with van der Waals surface area (Å²) in [5.41, 5.74) is 9.97. The molecule has 0 fully saturated rings. The molecule has 1 amide bonds. The molecule has 3 N–H and O–H groups in total. The highest BCUT2D eigenvalue weighted by Crippen LogP contribution is 2.40. The van der Waals surface area contributed by atoms with E-state index in [1.165, 1.54) is 19.2 Å². The van der Waals surface area contributed by atoms with E-state index < -0.39 is 22.1 Å². The molecule has 0 spiro atoms. The molecule has 308 valence electrons. The highest BCUT2D eigenvalue weighted by atomic mass is 32.2. The normalized spacial score (nSPS) is 14.0. The molecule has 4 heterocycles. The second-order valence-corrected chi connectivity index (χ2v) is 18.0. The van der Waals surface area contributed by atoms with Crippen molar-refractivity contribution in [2.75, 3.05) is 11.8 Å². The molecule has 0 saturated carbocycles. The molecule has 1 aliphatic heterocycles. The van der Waals surface area contributed by atoms with Crippen LogP contribution in [-0.2, 0) is 19.6 Å². The highest BCUT2D eigenvalue weighted by Gasteiger charge is 2.33. The molecule has 15 heteroatoms. The van der Waals surface area contributed by atoms with Gasteiger partial charge in [0.1, 0.15) is 22.9 Å². The van der Waals surface area contributed by atoms with Crippen LogP contribution in [0.4, 0.5) is 5.69 Å². The molecule has 8 rings (SSSR count). The fourth-order valence-corrected chi connectivity index (χ4v) is 10.1. The van der Waals surface area contributed by atoms with Crippen LogP contribution in [0.3, 0.4) is 0 Å². The molecule has 1 aliphatic rings. The number of fused-ring (bicyclic) bond motifs is 4. The molecular weight excluding hydrogens is 809 g/mol. The van der Waals surface area contributed by atoms with E-state index in [0.717, 1.165) is 60.1 Å². The molecule has 0 bridgehead atoms. The standard InChI is InChI=1S/C46H42N8O5S2/c1-24-8-19-37(43-40(24)34(22-47)23-48-43)53-61(57,58)35-16-13-30(14-17-35)27(4)49-45(56)33-15-18-36(25(2)20-33)31-9-11-32(12-10-31)42-41-26(3)28(5)60-46(41)54-29(6)51-52-44(54)38(50-42)21-39(55)59-7/h8-20,23,27,38,48,53H,21H2,1-7H3,(H,49,56)/t27-,38+/m1/s1. The average Bonchev–Trinajstić information content (AvgIpc) is 3.92. The third-order valence-electron chi connectivity index (χ3n) is 11.2. The summed E-state index contributed by atoms with van der Waals surface area (Å²) >= 11 is 1.65. The van der Waals surface area contributed by atoms with E-state index in [1.54, 1.807) is 47.9 Å². The van der Waals surface area contributed by atoms with Gasteiger partial charge in [0.2, 0.25) is 0 Å². The number of H-pyrrole nitrogens is 1. The summed E-state index contributed by atoms with van der Waals surface area (Å²) in [6.07, 6.45) is 1.59. The zero-order valence-electron chi connectivity index (χ0n) is 34.5. The summed E-state index contributed by atoms with van der Waals surface area (Å²) in [5, 5.41) is 22.9. The summed E-state index contributed by atoms with van der Waals surface area (Å²) in [6, 6.07) is 24.6. The van der Waals surface area contributed by atoms with Crippen LogP contribution in [-0.4, -0.2) is 52.9 Å². The number of rotatable bonds is 10. The van der Waals surface area contributed by atoms with Gasteiger partial charge in [-0.3, -0.25) is 23.9 Å². The summed E-state index contributed by atoms with van der Waals surface area (Å²) in [7, 11) is -2.60. The number of carbonyl (C=O) groups is 2. The quantitative estimate of drug-likeness (QED) is 0.114. The van der Waals surface area contributed by atoms with Crippen molar-refractivity contribution in [3.63, 3.8) is 0 Å². The number of aromatic amines is 1. The van der Waals surface area contributed by atoms with Crippen LogP contribution in [0.25, 0.3) is 27.0 Å². The van der Waals surface area contributed by atoms with Crippen LogP contribution in [0.1, 0.15) is 91.3 Å². The SMILES string of the molecule is COC(=O)C[C@@H]1N=C(c2ccc(-c3ccc(C(=O)N[C@H](C)c4ccc(S(=O)(=O)Nc5ccc(C)c6c(C#N)c[nH]c56)cc4)cc3C)cc2)c2c(sc(C)c2C)-n2c(C)nnc21. The number of hydrogen-bond donors (Lipinski definition) is 3. The second-order valence-electron chi connectivity index (χ2n) is 15.1. The van der Waals surface area contributed by atoms with E-state index in [1.807, 2.05) is 68.7 Å². The maximum Gasteiger partial charge on any atom is 0.308 e. The minimum absolute atomic E-state index is 0.0229. The van der Waals surface area contributed by atoms with Crippen LogP contribution in [0, 0.1) is 45.9 Å². The van der Waals surface area contributed by atoms with Gasteiger partial charge in [-0.25, -0.2) is 8.42 Å². The Labute approximate surface area is 357 Å². The number of amides is 1. The number of anilines is 1. The highest BCUT2D eigenvalue weighted by molar-refractivity contribution is 7.92. The molecule has 7 aromatic rings. The molecule has 3 aromatic heterocycles. The smallest absolute Gasteiger partial charge is 0.308 e. The molecule has 0 unspecified atom stereocenters. The van der Waals surface area contributed by atoms with E-state index in [2.05, 4.69) is 45.1 Å². The van der Waals surface area contributed by atoms with E-state index in [-0.39, 0.29) is 23.2 Å². The van der Waals surface area contributed by atoms with Gasteiger partial charge in [0.15, 0.2) is 5.82 Å². The molecule has 4 aromatic carbocycles. The van der Waals surface area contributed by atoms with Crippen molar-refractivity contribution in [3.8, 4) is 22.2 Å². The number of aromatic nitrogens is 4. The Balaban J connectivity index is 0.980. The van der Waals surface area contributed by atoms with Gasteiger partial charge in [-0.1, -0.05) is 48.5 Å². The first-order chi connectivity index (χ1) is 29.2. The molecular formula is C46H42N8O5S2. The number of sulfonamides is 1. The lowest BCUT2D eigenvalue weighted by Crippen LogP contribution is -2.26. The van der Waals surface area contributed by atoms with Crippen LogP contribution < -0.4 is 10.0 Å². The first kappa shape index (κ1) is 40.9. The molecule has 0 aliphatic carbocycles. The number of nitriles is 1. The molecule has 13 nitrogen and oxygen atoms in total. The van der Waals surface area contributed by atoms with Gasteiger partial charge < -0.3 is 15.0 Å². The van der Waals surface area contributed by atoms with Crippen LogP contribution in [0.5, 0.6) is 0 Å². The number of esters is 1. The summed E-state index contributed by atoms with van der Waals surface area (Å²) in [6.45, 7) is 11.7. The van der Waals surface area contributed by atoms with Gasteiger partial charge in [0.05, 0.1) is 46.9 Å². The Bertz CT molecular complexity index is 3080. The van der Waals surface area contributed by atoms with Gasteiger partial charge in [-0.2, -0.15) is 5.26 Å². The van der Waals surface area contributed by atoms with Crippen molar-refractivity contribution in [1.29, 1.82) is 5.26 Å². The van der Waals surface area contributed by atoms with Gasteiger partial charge >= 0.3 is 5.97 Å². The summed E-state index contributed by atoms with van der Waals surface area (Å²) in [5.74, 6) is 0.658. The molecule has 0 radical (unpaired) electrons. The minimum Gasteiger partial charge on any atom is -0.469 e. The number of hydrogen-bond acceptors (Lipinski definition) is 10. The number of carbonyl (C=O) groups excluding carboxylic acids is 2. The monoisotopic (exact) mass is 850 g/mol. The largest absolute Gasteiger partial charge is 0.469 e. The van der Waals surface area contributed by atoms with E-state index in [0.29, 0.717) is 39.4 Å². The number of methoxy groups -OCH3 is 1. The van der Waals surface area contributed by atoms with Crippen molar-refractivity contribution < 1.29 is 22.7 Å². The van der Waals surface area contributed by atoms with Crippen molar-refractivity contribution in [1.82, 2.24) is 25.1 Å². The van der Waals surface area contributed by atoms with E-state index in [9.17, 15) is 23.3 Å². The second kappa shape index (κ2) is 15.9. The molecule has 2 atom stereocenters. The lowest BCUT2D eigenvalue weighted by Gasteiger charge is -2.16. The van der Waals surface area contributed by atoms with Gasteiger partial charge in [0.25, 0.3) is 15.9 Å². The molecule has 61 heavy (non-hydrogen) atoms. The third-order valence-corrected chi connectivity index (χ3v) is 13.8. The first-order valence-electron chi connectivity index (χ1n) is 19.5. The number of nitrogens with zero attached hydrogens (tertiary/aromatic N) is 5. The topological polar surface area (TPSA) is 184 Å². The predicted molar refractivity (Wildman–Crippen MR) is 236 cm³/mol. The number of aliphatic imine (C=N–C) groups is 1. The predicted octanol–water partition coefficient (Wildman–Crippen LogP) is 8.64. The van der Waals surface area contributed by atoms with Gasteiger partial charge in [-0.15, -0.1) is 21.5 Å². The Morgan fingerprint density at radius 2 is 1.67 bits per heavy atom. The zero-order valence-corrected chi connectivity index (χ0v) is 36.2. The fraction of sp³-hybridized carbons (Fsp3) is 0.217. The number of aryl methyl sites for hydroxylation is 4. The van der Waals surface area contributed by atoms with Gasteiger partial charge in [-0.05, 0) is 105 Å². The van der Waals surface area contributed by atoms with Crippen molar-refractivity contribution in [3.05, 3.63) is 146 Å². The Morgan fingerprint density at radius 3 is 2.36 bits per heavy atom. The Kier molecular flexibility index (Phi) is 10.7. The fourth-order valence-electron chi connectivity index (χ4n) is 7.80. The maximum atomic E-state index is 13.5. The van der Waals surface area contributed by atoms with Crippen LogP contribution in [0.2, 0.25) is 0 Å². The van der Waals surface area contributed by atoms with Crippen molar-refractivity contribution >= 4 is 55.5 Å². The number of benzene rings is 4. The van der Waals surface area contributed by atoms with E-state index >= 15 is 0 Å². The Hall–Kier alpha value is -6.89. The van der Waals surface area contributed by atoms with Crippen molar-refractivity contribution in [2.24, 2.45) is 4.99 Å². The van der Waals surface area contributed by atoms with Crippen LogP contribution in [0.15, 0.2) is 94.9 Å². The lowest BCUT2D eigenvalue weighted by atomic mass is 9.94. The van der Waals surface area contributed by atoms with Crippen molar-refractivity contribution in [2.45, 2.75) is 64.9 Å². The van der Waals surface area contributed by atoms with Crippen LogP contribution >= 0.6 is 11.3 Å². The summed E-state index contributed by atoms with van der Waals surface area (Å²) in [4.78, 5) is 35.4. The number of ether oxygens (including phenoxy) is 1. The zero-order chi connectivity index (χ0) is 43.3. The summed E-state index contributed by atoms with van der Waals surface area (Å²) < 4.78 is 36.4. The van der Waals surface area contributed by atoms with E-state index in [4.69, 9.17) is 9.73 Å². The third kappa shape index (κ3) is 7.49. The molecule has 0 saturated heterocycles. The average molecular weight is 851 g/mol. The maximum absolute atomic E-state index is 13.5. The Morgan fingerprint density at radius 1 is 0.951 bits per heavy atom. The number of thiophene rings is 1. The minimum atomic E-state index is -3.96.